The molecule has 34 heavy (non-hydrogen) atoms. The van der Waals surface area contributed by atoms with Crippen molar-refractivity contribution in [2.45, 2.75) is 6.54 Å². The number of ketones is 1. The van der Waals surface area contributed by atoms with E-state index in [2.05, 4.69) is 15.0 Å². The zero-order valence-corrected chi connectivity index (χ0v) is 19.5. The van der Waals surface area contributed by atoms with Crippen LogP contribution in [0.3, 0.4) is 0 Å². The highest BCUT2D eigenvalue weighted by molar-refractivity contribution is 7.22. The second kappa shape index (κ2) is 9.27. The molecule has 11 heteroatoms. The monoisotopic (exact) mass is 482 g/mol. The van der Waals surface area contributed by atoms with Gasteiger partial charge in [-0.2, -0.15) is 5.10 Å². The molecule has 3 aromatic heterocycles. The van der Waals surface area contributed by atoms with Crippen LogP contribution < -0.4 is 19.9 Å². The fourth-order valence-electron chi connectivity index (χ4n) is 3.76. The molecule has 0 radical (unpaired) electrons. The number of carbonyl (C=O) groups is 1. The van der Waals surface area contributed by atoms with Gasteiger partial charge in [-0.15, -0.1) is 0 Å². The van der Waals surface area contributed by atoms with Gasteiger partial charge in [0, 0.05) is 18.7 Å². The average Bonchev–Trinajstić information content (AvgIpc) is 3.57. The number of furan rings is 1. The predicted molar refractivity (Wildman–Crippen MR) is 126 cm³/mol. The van der Waals surface area contributed by atoms with Gasteiger partial charge < -0.3 is 23.5 Å². The number of carbonyl (C=O) groups excluding carboxylic acids is 1. The standard InChI is InChI=1S/C23H22N4O6S/c1-30-16-6-5-14(12-18(16)31-2)15(28)13-27-22(29)20-21(19(25-27)17-4-3-9-33-17)34-23(24-20)26-7-10-32-11-8-26/h3-6,9,12H,7-8,10-11,13H2,1-2H3. The maximum absolute atomic E-state index is 13.3. The SMILES string of the molecule is COc1ccc(C(=O)Cn2nc(-c3ccco3)c3sc(N4CCOCC4)nc3c2=O)cc1OC. The van der Waals surface area contributed by atoms with E-state index in [9.17, 15) is 9.59 Å². The Labute approximate surface area is 198 Å². The third-order valence-corrected chi connectivity index (χ3v) is 6.65. The average molecular weight is 483 g/mol. The molecule has 0 saturated carbocycles. The van der Waals surface area contributed by atoms with E-state index in [4.69, 9.17) is 18.6 Å². The molecule has 0 atom stereocenters. The van der Waals surface area contributed by atoms with E-state index in [1.165, 1.54) is 31.8 Å². The number of benzene rings is 1. The van der Waals surface area contributed by atoms with E-state index in [-0.39, 0.29) is 17.8 Å². The minimum atomic E-state index is -0.435. The quantitative estimate of drug-likeness (QED) is 0.367. The van der Waals surface area contributed by atoms with E-state index in [0.29, 0.717) is 64.7 Å². The van der Waals surface area contributed by atoms with E-state index < -0.39 is 5.56 Å². The Morgan fingerprint density at radius 2 is 1.94 bits per heavy atom. The van der Waals surface area contributed by atoms with Crippen molar-refractivity contribution in [1.82, 2.24) is 14.8 Å². The lowest BCUT2D eigenvalue weighted by molar-refractivity contribution is 0.0965. The fraction of sp³-hybridized carbons (Fsp3) is 0.304. The summed E-state index contributed by atoms with van der Waals surface area (Å²) >= 11 is 1.38. The lowest BCUT2D eigenvalue weighted by atomic mass is 10.1. The zero-order valence-electron chi connectivity index (χ0n) is 18.6. The summed E-state index contributed by atoms with van der Waals surface area (Å²) in [6.45, 7) is 2.32. The van der Waals surface area contributed by atoms with Crippen molar-refractivity contribution in [2.24, 2.45) is 0 Å². The first-order chi connectivity index (χ1) is 16.6. The maximum Gasteiger partial charge on any atom is 0.294 e. The van der Waals surface area contributed by atoms with E-state index in [1.54, 1.807) is 30.3 Å². The fourth-order valence-corrected chi connectivity index (χ4v) is 4.86. The van der Waals surface area contributed by atoms with Crippen molar-refractivity contribution in [1.29, 1.82) is 0 Å². The van der Waals surface area contributed by atoms with Crippen molar-refractivity contribution in [3.05, 3.63) is 52.5 Å². The van der Waals surface area contributed by atoms with Crippen LogP contribution in [0.1, 0.15) is 10.4 Å². The van der Waals surface area contributed by atoms with Crippen molar-refractivity contribution < 1.29 is 23.4 Å². The Bertz CT molecular complexity index is 1390. The third kappa shape index (κ3) is 4.03. The van der Waals surface area contributed by atoms with Crippen LogP contribution in [0, 0.1) is 0 Å². The molecule has 0 unspecified atom stereocenters. The molecule has 1 aliphatic rings. The van der Waals surface area contributed by atoms with Crippen LogP contribution in [0.4, 0.5) is 5.13 Å². The van der Waals surface area contributed by atoms with E-state index in [1.807, 2.05) is 0 Å². The summed E-state index contributed by atoms with van der Waals surface area (Å²) in [6, 6.07) is 8.37. The van der Waals surface area contributed by atoms with Crippen molar-refractivity contribution in [3.8, 4) is 23.0 Å². The van der Waals surface area contributed by atoms with Crippen LogP contribution in [-0.2, 0) is 11.3 Å². The summed E-state index contributed by atoms with van der Waals surface area (Å²) in [6.07, 6.45) is 1.54. The smallest absolute Gasteiger partial charge is 0.294 e. The molecule has 5 rings (SSSR count). The summed E-state index contributed by atoms with van der Waals surface area (Å²) in [5.74, 6) is 1.13. The van der Waals surface area contributed by atoms with Crippen molar-refractivity contribution in [3.63, 3.8) is 0 Å². The second-order valence-corrected chi connectivity index (χ2v) is 8.53. The van der Waals surface area contributed by atoms with E-state index >= 15 is 0 Å². The Hall–Kier alpha value is -3.70. The molecule has 1 aliphatic heterocycles. The number of nitrogens with zero attached hydrogens (tertiary/aromatic N) is 4. The number of methoxy groups -OCH3 is 2. The largest absolute Gasteiger partial charge is 0.493 e. The molecule has 1 fully saturated rings. The summed E-state index contributed by atoms with van der Waals surface area (Å²) in [7, 11) is 3.02. The number of thiazole rings is 1. The van der Waals surface area contributed by atoms with Crippen molar-refractivity contribution >= 4 is 32.5 Å². The van der Waals surface area contributed by atoms with Gasteiger partial charge in [0.15, 0.2) is 33.7 Å². The number of morpholine rings is 1. The number of rotatable bonds is 7. The van der Waals surface area contributed by atoms with Gasteiger partial charge in [0.2, 0.25) is 0 Å². The Balaban J connectivity index is 1.56. The third-order valence-electron chi connectivity index (χ3n) is 5.52. The molecule has 4 aromatic rings. The Morgan fingerprint density at radius 3 is 2.65 bits per heavy atom. The van der Waals surface area contributed by atoms with Gasteiger partial charge >= 0.3 is 0 Å². The first kappa shape index (κ1) is 22.1. The molecule has 1 aromatic carbocycles. The van der Waals surface area contributed by atoms with Gasteiger partial charge in [0.25, 0.3) is 5.56 Å². The molecular weight excluding hydrogens is 460 g/mol. The summed E-state index contributed by atoms with van der Waals surface area (Å²) in [5.41, 5.74) is 0.665. The molecule has 0 bridgehead atoms. The molecule has 0 spiro atoms. The topological polar surface area (TPSA) is 109 Å². The minimum Gasteiger partial charge on any atom is -0.493 e. The molecular formula is C23H22N4O6S. The molecule has 176 valence electrons. The second-order valence-electron chi connectivity index (χ2n) is 7.56. The van der Waals surface area contributed by atoms with Crippen LogP contribution in [0.2, 0.25) is 0 Å². The minimum absolute atomic E-state index is 0.257. The maximum atomic E-state index is 13.3. The highest BCUT2D eigenvalue weighted by atomic mass is 32.1. The highest BCUT2D eigenvalue weighted by Crippen LogP contribution is 2.34. The normalized spacial score (nSPS) is 13.9. The van der Waals surface area contributed by atoms with Gasteiger partial charge in [-0.1, -0.05) is 11.3 Å². The molecule has 4 heterocycles. The number of hydrogen-bond acceptors (Lipinski definition) is 10. The zero-order chi connectivity index (χ0) is 23.7. The number of anilines is 1. The van der Waals surface area contributed by atoms with Gasteiger partial charge in [-0.05, 0) is 30.3 Å². The van der Waals surface area contributed by atoms with Crippen LogP contribution in [0.15, 0.2) is 45.8 Å². The number of aromatic nitrogens is 3. The summed E-state index contributed by atoms with van der Waals surface area (Å²) in [4.78, 5) is 33.1. The van der Waals surface area contributed by atoms with Crippen LogP contribution >= 0.6 is 11.3 Å². The summed E-state index contributed by atoms with van der Waals surface area (Å²) in [5, 5.41) is 5.22. The van der Waals surface area contributed by atoms with Gasteiger partial charge in [-0.25, -0.2) is 9.67 Å². The first-order valence-corrected chi connectivity index (χ1v) is 11.4. The summed E-state index contributed by atoms with van der Waals surface area (Å²) < 4.78 is 23.3. The Morgan fingerprint density at radius 1 is 1.15 bits per heavy atom. The molecule has 10 nitrogen and oxygen atoms in total. The van der Waals surface area contributed by atoms with Crippen LogP contribution in [0.5, 0.6) is 11.5 Å². The predicted octanol–water partition coefficient (Wildman–Crippen LogP) is 2.85. The van der Waals surface area contributed by atoms with E-state index in [0.717, 1.165) is 4.68 Å². The van der Waals surface area contributed by atoms with Gasteiger partial charge in [-0.3, -0.25) is 9.59 Å². The molecule has 0 amide bonds. The highest BCUT2D eigenvalue weighted by Gasteiger charge is 2.23. The Kier molecular flexibility index (Phi) is 6.03. The number of fused-ring (bicyclic) bond motifs is 1. The van der Waals surface area contributed by atoms with Crippen LogP contribution in [-0.4, -0.2) is 61.1 Å². The van der Waals surface area contributed by atoms with Gasteiger partial charge in [0.05, 0.1) is 38.4 Å². The molecule has 0 aliphatic carbocycles. The first-order valence-electron chi connectivity index (χ1n) is 10.6. The molecule has 1 saturated heterocycles. The lowest BCUT2D eigenvalue weighted by Crippen LogP contribution is -2.36. The van der Waals surface area contributed by atoms with Crippen molar-refractivity contribution in [2.75, 3.05) is 45.4 Å². The number of ether oxygens (including phenoxy) is 3. The number of hydrogen-bond donors (Lipinski definition) is 0. The van der Waals surface area contributed by atoms with Crippen LogP contribution in [0.25, 0.3) is 21.7 Å². The lowest BCUT2D eigenvalue weighted by Gasteiger charge is -2.25. The number of Topliss-reactive ketones (excluding diaryl/α,β-unsaturated/α-hetero) is 1. The van der Waals surface area contributed by atoms with Gasteiger partial charge in [0.1, 0.15) is 12.2 Å². The molecule has 0 N–H and O–H groups in total.